The van der Waals surface area contributed by atoms with Gasteiger partial charge in [0.25, 0.3) is 0 Å². The number of nitrogens with zero attached hydrogens (tertiary/aromatic N) is 3. The number of oxazole rings is 1. The van der Waals surface area contributed by atoms with E-state index in [0.717, 1.165) is 29.8 Å². The van der Waals surface area contributed by atoms with Crippen LogP contribution in [-0.2, 0) is 6.54 Å². The zero-order valence-corrected chi connectivity index (χ0v) is 16.2. The Labute approximate surface area is 169 Å². The summed E-state index contributed by atoms with van der Waals surface area (Å²) < 4.78 is 5.54. The predicted octanol–water partition coefficient (Wildman–Crippen LogP) is 3.37. The third-order valence-corrected chi connectivity index (χ3v) is 4.38. The number of hydrogen-bond donors (Lipinski definition) is 3. The van der Waals surface area contributed by atoms with Gasteiger partial charge in [0.1, 0.15) is 12.1 Å². The fourth-order valence-electron chi connectivity index (χ4n) is 2.97. The molecule has 1 aromatic carbocycles. The number of nitrogens with two attached hydrogens (primary N) is 2. The van der Waals surface area contributed by atoms with Crippen LogP contribution in [0.25, 0.3) is 11.5 Å². The molecule has 1 saturated carbocycles. The standard InChI is InChI=1S/C18H20N6O.2ClH/c19-13-6-12(7-13)15-8-16(24-18(20)23-15)21-9-14-10-25-17(22-14)11-4-2-1-3-5-11;;/h1-5,8,10,12-13H,6-7,9,19H2,(H3,20,21,23,24);2*1H. The van der Waals surface area contributed by atoms with Crippen LogP contribution in [-0.4, -0.2) is 21.0 Å². The Morgan fingerprint density at radius 2 is 1.81 bits per heavy atom. The number of benzene rings is 1. The third kappa shape index (κ3) is 4.88. The van der Waals surface area contributed by atoms with Crippen molar-refractivity contribution in [1.82, 2.24) is 15.0 Å². The number of nitrogen functional groups attached to an aromatic ring is 1. The highest BCUT2D eigenvalue weighted by Crippen LogP contribution is 2.35. The van der Waals surface area contributed by atoms with Crippen LogP contribution in [0, 0.1) is 0 Å². The summed E-state index contributed by atoms with van der Waals surface area (Å²) in [5, 5.41) is 3.24. The number of aromatic nitrogens is 3. The van der Waals surface area contributed by atoms with Crippen molar-refractivity contribution in [3.05, 3.63) is 54.0 Å². The van der Waals surface area contributed by atoms with E-state index in [1.165, 1.54) is 0 Å². The molecule has 0 aliphatic heterocycles. The maximum atomic E-state index is 5.86. The van der Waals surface area contributed by atoms with Gasteiger partial charge in [0.15, 0.2) is 0 Å². The highest BCUT2D eigenvalue weighted by molar-refractivity contribution is 5.85. The van der Waals surface area contributed by atoms with Crippen molar-refractivity contribution in [2.75, 3.05) is 11.1 Å². The Morgan fingerprint density at radius 1 is 1.07 bits per heavy atom. The fourth-order valence-corrected chi connectivity index (χ4v) is 2.97. The summed E-state index contributed by atoms with van der Waals surface area (Å²) in [7, 11) is 0. The molecule has 7 nitrogen and oxygen atoms in total. The van der Waals surface area contributed by atoms with Crippen LogP contribution >= 0.6 is 24.8 Å². The number of hydrogen-bond acceptors (Lipinski definition) is 7. The van der Waals surface area contributed by atoms with E-state index < -0.39 is 0 Å². The number of rotatable bonds is 5. The average Bonchev–Trinajstić information content (AvgIpc) is 3.06. The second-order valence-electron chi connectivity index (χ2n) is 6.33. The quantitative estimate of drug-likeness (QED) is 0.592. The van der Waals surface area contributed by atoms with E-state index in [2.05, 4.69) is 20.3 Å². The lowest BCUT2D eigenvalue weighted by atomic mass is 9.78. The first kappa shape index (κ1) is 21.0. The molecule has 5 N–H and O–H groups in total. The lowest BCUT2D eigenvalue weighted by Crippen LogP contribution is -2.35. The van der Waals surface area contributed by atoms with Gasteiger partial charge in [-0.05, 0) is 25.0 Å². The molecule has 2 aromatic heterocycles. The monoisotopic (exact) mass is 408 g/mol. The van der Waals surface area contributed by atoms with Crippen molar-refractivity contribution < 1.29 is 4.42 Å². The molecule has 9 heteroatoms. The molecule has 1 aliphatic rings. The first-order chi connectivity index (χ1) is 12.2. The molecule has 4 rings (SSSR count). The van der Waals surface area contributed by atoms with Gasteiger partial charge < -0.3 is 21.2 Å². The van der Waals surface area contributed by atoms with E-state index >= 15 is 0 Å². The SMILES string of the molecule is Cl.Cl.Nc1nc(NCc2coc(-c3ccccc3)n2)cc(C2CC(N)C2)n1. The van der Waals surface area contributed by atoms with E-state index in [1.807, 2.05) is 36.4 Å². The van der Waals surface area contributed by atoms with Gasteiger partial charge in [0, 0.05) is 23.6 Å². The Hall–Kier alpha value is -2.35. The maximum absolute atomic E-state index is 5.86. The molecular formula is C18H22Cl2N6O. The Bertz CT molecular complexity index is 867. The molecule has 27 heavy (non-hydrogen) atoms. The first-order valence-corrected chi connectivity index (χ1v) is 8.31. The zero-order chi connectivity index (χ0) is 17.2. The Kier molecular flexibility index (Phi) is 7.01. The summed E-state index contributed by atoms with van der Waals surface area (Å²) in [6.45, 7) is 0.496. The lowest BCUT2D eigenvalue weighted by molar-refractivity contribution is 0.345. The Morgan fingerprint density at radius 3 is 2.52 bits per heavy atom. The van der Waals surface area contributed by atoms with Crippen LogP contribution in [0.15, 0.2) is 47.1 Å². The number of nitrogens with one attached hydrogen (secondary N) is 1. The lowest BCUT2D eigenvalue weighted by Gasteiger charge is -2.32. The minimum Gasteiger partial charge on any atom is -0.444 e. The molecule has 0 amide bonds. The van der Waals surface area contributed by atoms with Gasteiger partial charge in [-0.15, -0.1) is 24.8 Å². The molecule has 0 radical (unpaired) electrons. The third-order valence-electron chi connectivity index (χ3n) is 4.38. The smallest absolute Gasteiger partial charge is 0.226 e. The summed E-state index contributed by atoms with van der Waals surface area (Å²) in [4.78, 5) is 13.1. The summed E-state index contributed by atoms with van der Waals surface area (Å²) >= 11 is 0. The van der Waals surface area contributed by atoms with Crippen LogP contribution < -0.4 is 16.8 Å². The van der Waals surface area contributed by atoms with E-state index in [4.69, 9.17) is 15.9 Å². The second kappa shape index (κ2) is 9.03. The molecular weight excluding hydrogens is 387 g/mol. The number of anilines is 2. The molecule has 0 spiro atoms. The van der Waals surface area contributed by atoms with Gasteiger partial charge in [-0.25, -0.2) is 9.97 Å². The van der Waals surface area contributed by atoms with Gasteiger partial charge in [-0.2, -0.15) is 4.98 Å². The van der Waals surface area contributed by atoms with Crippen molar-refractivity contribution in [3.8, 4) is 11.5 Å². The fraction of sp³-hybridized carbons (Fsp3) is 0.278. The molecule has 144 valence electrons. The molecule has 3 aromatic rings. The van der Waals surface area contributed by atoms with Crippen LogP contribution in [0.4, 0.5) is 11.8 Å². The van der Waals surface area contributed by atoms with Gasteiger partial charge in [-0.3, -0.25) is 0 Å². The molecule has 0 saturated heterocycles. The highest BCUT2D eigenvalue weighted by atomic mass is 35.5. The van der Waals surface area contributed by atoms with Gasteiger partial charge in [-0.1, -0.05) is 18.2 Å². The van der Waals surface area contributed by atoms with Crippen molar-refractivity contribution >= 4 is 36.6 Å². The minimum atomic E-state index is 0. The highest BCUT2D eigenvalue weighted by Gasteiger charge is 2.29. The van der Waals surface area contributed by atoms with Crippen LogP contribution in [0.2, 0.25) is 0 Å². The Balaban J connectivity index is 0.00000131. The van der Waals surface area contributed by atoms with E-state index in [0.29, 0.717) is 24.2 Å². The number of halogens is 2. The molecule has 0 unspecified atom stereocenters. The minimum absolute atomic E-state index is 0. The largest absolute Gasteiger partial charge is 0.444 e. The predicted molar refractivity (Wildman–Crippen MR) is 110 cm³/mol. The van der Waals surface area contributed by atoms with Gasteiger partial charge >= 0.3 is 0 Å². The molecule has 0 bridgehead atoms. The van der Waals surface area contributed by atoms with Crippen molar-refractivity contribution in [2.24, 2.45) is 5.73 Å². The maximum Gasteiger partial charge on any atom is 0.226 e. The van der Waals surface area contributed by atoms with Gasteiger partial charge in [0.05, 0.1) is 17.9 Å². The summed E-state index contributed by atoms with van der Waals surface area (Å²) in [6.07, 6.45) is 3.53. The van der Waals surface area contributed by atoms with E-state index in [-0.39, 0.29) is 36.8 Å². The normalized spacial score (nSPS) is 18.0. The van der Waals surface area contributed by atoms with Crippen LogP contribution in [0.5, 0.6) is 0 Å². The average molecular weight is 409 g/mol. The van der Waals surface area contributed by atoms with Crippen molar-refractivity contribution in [1.29, 1.82) is 0 Å². The van der Waals surface area contributed by atoms with Crippen LogP contribution in [0.1, 0.15) is 30.1 Å². The topological polar surface area (TPSA) is 116 Å². The molecule has 2 heterocycles. The van der Waals surface area contributed by atoms with E-state index in [1.54, 1.807) is 6.26 Å². The van der Waals surface area contributed by atoms with Crippen molar-refractivity contribution in [3.63, 3.8) is 0 Å². The summed E-state index contributed by atoms with van der Waals surface area (Å²) in [6, 6.07) is 12.0. The summed E-state index contributed by atoms with van der Waals surface area (Å²) in [5.41, 5.74) is 14.4. The zero-order valence-electron chi connectivity index (χ0n) is 14.5. The van der Waals surface area contributed by atoms with Crippen LogP contribution in [0.3, 0.4) is 0 Å². The van der Waals surface area contributed by atoms with Gasteiger partial charge in [0.2, 0.25) is 11.8 Å². The molecule has 1 fully saturated rings. The molecule has 0 atom stereocenters. The summed E-state index contributed by atoms with van der Waals surface area (Å²) in [5.74, 6) is 1.93. The first-order valence-electron chi connectivity index (χ1n) is 8.31. The molecule has 1 aliphatic carbocycles. The second-order valence-corrected chi connectivity index (χ2v) is 6.33. The van der Waals surface area contributed by atoms with E-state index in [9.17, 15) is 0 Å². The van der Waals surface area contributed by atoms with Crippen molar-refractivity contribution in [2.45, 2.75) is 31.3 Å².